The number of amides is 2. The number of aliphatic imine (C=N–C) groups is 1. The molecule has 0 spiro atoms. The van der Waals surface area contributed by atoms with Crippen molar-refractivity contribution in [3.05, 3.63) is 60.2 Å². The predicted octanol–water partition coefficient (Wildman–Crippen LogP) is 1.63. The molecule has 1 unspecified atom stereocenters. The van der Waals surface area contributed by atoms with Crippen molar-refractivity contribution in [1.82, 2.24) is 24.5 Å². The highest BCUT2D eigenvalue weighted by Gasteiger charge is 2.37. The van der Waals surface area contributed by atoms with E-state index in [1.165, 1.54) is 29.7 Å². The molecule has 30 heavy (non-hydrogen) atoms. The third-order valence-corrected chi connectivity index (χ3v) is 5.68. The number of nitrogens with zero attached hydrogens (tertiary/aromatic N) is 5. The quantitative estimate of drug-likeness (QED) is 0.768. The fourth-order valence-corrected chi connectivity index (χ4v) is 4.13. The summed E-state index contributed by atoms with van der Waals surface area (Å²) in [6.07, 6.45) is 14.8. The number of rotatable bonds is 5. The number of carbonyl (C=O) groups is 2. The largest absolute Gasteiger partial charge is 0.348 e. The molecule has 3 aliphatic rings. The van der Waals surface area contributed by atoms with Gasteiger partial charge in [0.1, 0.15) is 11.5 Å². The van der Waals surface area contributed by atoms with Crippen LogP contribution in [0.5, 0.6) is 0 Å². The Kier molecular flexibility index (Phi) is 4.92. The molecule has 0 aliphatic carbocycles. The first kappa shape index (κ1) is 18.7. The molecule has 1 atom stereocenters. The van der Waals surface area contributed by atoms with Gasteiger partial charge in [-0.15, -0.1) is 0 Å². The van der Waals surface area contributed by atoms with Gasteiger partial charge >= 0.3 is 0 Å². The lowest BCUT2D eigenvalue weighted by molar-refractivity contribution is -0.132. The van der Waals surface area contributed by atoms with Gasteiger partial charge in [0.2, 0.25) is 6.04 Å². The highest BCUT2D eigenvalue weighted by atomic mass is 16.2. The van der Waals surface area contributed by atoms with Crippen molar-refractivity contribution in [1.29, 1.82) is 0 Å². The number of piperidine rings is 1. The molecule has 0 aromatic carbocycles. The summed E-state index contributed by atoms with van der Waals surface area (Å²) in [6.45, 7) is 3.52. The Morgan fingerprint density at radius 3 is 2.83 bits per heavy atom. The van der Waals surface area contributed by atoms with Crippen molar-refractivity contribution in [2.24, 2.45) is 4.99 Å². The zero-order chi connectivity index (χ0) is 20.5. The molecule has 0 bridgehead atoms. The van der Waals surface area contributed by atoms with Gasteiger partial charge in [0, 0.05) is 25.1 Å². The van der Waals surface area contributed by atoms with E-state index < -0.39 is 11.9 Å². The minimum absolute atomic E-state index is 0.252. The number of pyridine rings is 1. The van der Waals surface area contributed by atoms with E-state index in [-0.39, 0.29) is 12.5 Å². The highest BCUT2D eigenvalue weighted by Crippen LogP contribution is 2.17. The summed E-state index contributed by atoms with van der Waals surface area (Å²) in [5.41, 5.74) is 2.84. The molecule has 1 saturated heterocycles. The molecule has 5 rings (SSSR count). The monoisotopic (exact) mass is 404 g/mol. The van der Waals surface area contributed by atoms with E-state index in [9.17, 15) is 9.59 Å². The minimum atomic E-state index is -1.04. The smallest absolute Gasteiger partial charge is 0.266 e. The molecule has 1 N–H and O–H groups in total. The van der Waals surface area contributed by atoms with E-state index >= 15 is 0 Å². The van der Waals surface area contributed by atoms with E-state index in [1.54, 1.807) is 24.4 Å². The lowest BCUT2D eigenvalue weighted by atomic mass is 10.1. The molecule has 2 aromatic heterocycles. The number of allylic oxidation sites excluding steroid dienone is 2. The average molecular weight is 404 g/mol. The van der Waals surface area contributed by atoms with Crippen molar-refractivity contribution in [3.8, 4) is 0 Å². The van der Waals surface area contributed by atoms with Crippen molar-refractivity contribution >= 4 is 23.3 Å². The Bertz CT molecular complexity index is 1080. The molecule has 5 heterocycles. The Morgan fingerprint density at radius 1 is 1.13 bits per heavy atom. The predicted molar refractivity (Wildman–Crippen MR) is 113 cm³/mol. The van der Waals surface area contributed by atoms with E-state index in [1.807, 2.05) is 16.7 Å². The standard InChI is InChI=1S/C22H24N6O2/c29-21(20-22(30)28-11-5-2-6-19(28)25-20)23-12-17-15-27-14-16(7-8-18(27)24-17)13-26-9-3-1-4-10-26/h2,5-8,11,14-15,20H,1,3-4,9-10,12-13H2,(H,23,29). The van der Waals surface area contributed by atoms with Gasteiger partial charge in [-0.3, -0.25) is 19.4 Å². The average Bonchev–Trinajstić information content (AvgIpc) is 3.33. The van der Waals surface area contributed by atoms with Gasteiger partial charge < -0.3 is 9.72 Å². The van der Waals surface area contributed by atoms with Crippen LogP contribution < -0.4 is 5.32 Å². The van der Waals surface area contributed by atoms with E-state index in [4.69, 9.17) is 0 Å². The first-order valence-electron chi connectivity index (χ1n) is 10.4. The number of hydrogen-bond acceptors (Lipinski definition) is 5. The van der Waals surface area contributed by atoms with Crippen molar-refractivity contribution in [3.63, 3.8) is 0 Å². The highest BCUT2D eigenvalue weighted by molar-refractivity contribution is 6.19. The fourth-order valence-electron chi connectivity index (χ4n) is 4.13. The summed E-state index contributed by atoms with van der Waals surface area (Å²) in [7, 11) is 0. The van der Waals surface area contributed by atoms with Gasteiger partial charge in [-0.1, -0.05) is 18.6 Å². The first-order chi connectivity index (χ1) is 14.7. The maximum absolute atomic E-state index is 12.5. The lowest BCUT2D eigenvalue weighted by Gasteiger charge is -2.26. The molecule has 2 aromatic rings. The first-order valence-corrected chi connectivity index (χ1v) is 10.4. The van der Waals surface area contributed by atoms with Crippen LogP contribution >= 0.6 is 0 Å². The van der Waals surface area contributed by atoms with Crippen LogP contribution in [-0.4, -0.2) is 56.0 Å². The maximum atomic E-state index is 12.5. The second-order valence-corrected chi connectivity index (χ2v) is 7.89. The fraction of sp³-hybridized carbons (Fsp3) is 0.364. The minimum Gasteiger partial charge on any atom is -0.348 e. The van der Waals surface area contributed by atoms with E-state index in [2.05, 4.69) is 32.5 Å². The summed E-state index contributed by atoms with van der Waals surface area (Å²) in [5.74, 6) is -0.247. The number of amidine groups is 1. The Morgan fingerprint density at radius 2 is 2.00 bits per heavy atom. The van der Waals surface area contributed by atoms with Crippen LogP contribution in [0.15, 0.2) is 53.9 Å². The summed E-state index contributed by atoms with van der Waals surface area (Å²) in [4.78, 5) is 37.6. The number of carbonyl (C=O) groups excluding carboxylic acids is 2. The number of nitrogens with one attached hydrogen (secondary N) is 1. The Hall–Kier alpha value is -3.26. The molecule has 8 nitrogen and oxygen atoms in total. The number of hydrogen-bond donors (Lipinski definition) is 1. The van der Waals surface area contributed by atoms with Crippen LogP contribution in [0.4, 0.5) is 0 Å². The van der Waals surface area contributed by atoms with Gasteiger partial charge in [0.15, 0.2) is 0 Å². The van der Waals surface area contributed by atoms with Gasteiger partial charge in [0.25, 0.3) is 11.8 Å². The molecule has 0 saturated carbocycles. The van der Waals surface area contributed by atoms with Crippen LogP contribution in [0.3, 0.4) is 0 Å². The third-order valence-electron chi connectivity index (χ3n) is 5.68. The molecule has 8 heteroatoms. The van der Waals surface area contributed by atoms with Crippen LogP contribution in [0.1, 0.15) is 30.5 Å². The Balaban J connectivity index is 1.23. The summed E-state index contributed by atoms with van der Waals surface area (Å²) in [6, 6.07) is 3.08. The lowest BCUT2D eigenvalue weighted by Crippen LogP contribution is -2.40. The normalized spacial score (nSPS) is 21.2. The SMILES string of the molecule is O=C(NCc1cn2cc(CN3CCCCC3)ccc2n1)C1N=C2C=CC=CN2C1=O. The second kappa shape index (κ2) is 7.87. The maximum Gasteiger partial charge on any atom is 0.266 e. The van der Waals surface area contributed by atoms with Crippen molar-refractivity contribution in [2.45, 2.75) is 38.4 Å². The van der Waals surface area contributed by atoms with Crippen LogP contribution in [0.2, 0.25) is 0 Å². The van der Waals surface area contributed by atoms with Crippen molar-refractivity contribution in [2.75, 3.05) is 13.1 Å². The molecular weight excluding hydrogens is 380 g/mol. The topological polar surface area (TPSA) is 82.3 Å². The summed E-state index contributed by atoms with van der Waals surface area (Å²) >= 11 is 0. The number of imidazole rings is 1. The second-order valence-electron chi connectivity index (χ2n) is 7.89. The molecule has 2 amide bonds. The molecular formula is C22H24N6O2. The summed E-state index contributed by atoms with van der Waals surface area (Å²) in [5, 5.41) is 2.80. The molecule has 1 fully saturated rings. The zero-order valence-corrected chi connectivity index (χ0v) is 16.7. The van der Waals surface area contributed by atoms with Crippen LogP contribution in [-0.2, 0) is 22.7 Å². The van der Waals surface area contributed by atoms with Crippen LogP contribution in [0, 0.1) is 0 Å². The van der Waals surface area contributed by atoms with Gasteiger partial charge in [0.05, 0.1) is 12.2 Å². The third kappa shape index (κ3) is 3.66. The number of fused-ring (bicyclic) bond motifs is 2. The van der Waals surface area contributed by atoms with E-state index in [0.29, 0.717) is 5.84 Å². The zero-order valence-electron chi connectivity index (χ0n) is 16.7. The van der Waals surface area contributed by atoms with Gasteiger partial charge in [-0.2, -0.15) is 0 Å². The number of aromatic nitrogens is 2. The van der Waals surface area contributed by atoms with Crippen molar-refractivity contribution < 1.29 is 9.59 Å². The molecule has 154 valence electrons. The molecule has 0 radical (unpaired) electrons. The van der Waals surface area contributed by atoms with E-state index in [0.717, 1.165) is 31.0 Å². The molecule has 3 aliphatic heterocycles. The van der Waals surface area contributed by atoms with Gasteiger partial charge in [-0.05, 0) is 49.7 Å². The van der Waals surface area contributed by atoms with Gasteiger partial charge in [-0.25, -0.2) is 9.98 Å². The number of likely N-dealkylation sites (tertiary alicyclic amines) is 1. The Labute approximate surface area is 174 Å². The summed E-state index contributed by atoms with van der Waals surface area (Å²) < 4.78 is 2.00. The van der Waals surface area contributed by atoms with Crippen LogP contribution in [0.25, 0.3) is 5.65 Å².